The van der Waals surface area contributed by atoms with Gasteiger partial charge in [-0.25, -0.2) is 9.59 Å². The summed E-state index contributed by atoms with van der Waals surface area (Å²) < 4.78 is 10.7. The SMILES string of the molecule is CC(C)(C)N1C(=O)[C@@H](OC(=O)c2ccccc2)[C@H](OC(=O)c2ccccc2)C1=O. The lowest BCUT2D eigenvalue weighted by molar-refractivity contribution is -0.147. The maximum atomic E-state index is 12.9. The number of benzene rings is 2. The van der Waals surface area contributed by atoms with Crippen molar-refractivity contribution in [3.63, 3.8) is 0 Å². The number of carbonyl (C=O) groups excluding carboxylic acids is 4. The summed E-state index contributed by atoms with van der Waals surface area (Å²) in [6.07, 6.45) is -3.11. The Morgan fingerprint density at radius 1 is 0.724 bits per heavy atom. The van der Waals surface area contributed by atoms with Crippen LogP contribution < -0.4 is 0 Å². The molecule has 2 atom stereocenters. The van der Waals surface area contributed by atoms with Gasteiger partial charge in [-0.15, -0.1) is 0 Å². The number of nitrogens with zero attached hydrogens (tertiary/aromatic N) is 1. The molecule has 0 saturated carbocycles. The van der Waals surface area contributed by atoms with Crippen molar-refractivity contribution in [3.8, 4) is 0 Å². The van der Waals surface area contributed by atoms with Crippen molar-refractivity contribution in [1.82, 2.24) is 4.90 Å². The molecule has 0 bridgehead atoms. The van der Waals surface area contributed by atoms with Gasteiger partial charge in [0.2, 0.25) is 12.2 Å². The van der Waals surface area contributed by atoms with E-state index in [1.807, 2.05) is 0 Å². The van der Waals surface area contributed by atoms with E-state index in [1.54, 1.807) is 57.2 Å². The summed E-state index contributed by atoms with van der Waals surface area (Å²) >= 11 is 0. The van der Waals surface area contributed by atoms with Crippen molar-refractivity contribution < 1.29 is 28.7 Å². The topological polar surface area (TPSA) is 90.0 Å². The molecule has 7 heteroatoms. The highest BCUT2D eigenvalue weighted by Gasteiger charge is 2.56. The van der Waals surface area contributed by atoms with Gasteiger partial charge in [0.05, 0.1) is 11.1 Å². The van der Waals surface area contributed by atoms with Gasteiger partial charge >= 0.3 is 11.9 Å². The molecule has 1 saturated heterocycles. The summed E-state index contributed by atoms with van der Waals surface area (Å²) in [6, 6.07) is 16.1. The lowest BCUT2D eigenvalue weighted by Crippen LogP contribution is -2.47. The van der Waals surface area contributed by atoms with E-state index >= 15 is 0 Å². The zero-order valence-electron chi connectivity index (χ0n) is 16.3. The molecule has 0 aromatic heterocycles. The highest BCUT2D eigenvalue weighted by molar-refractivity contribution is 6.10. The van der Waals surface area contributed by atoms with Gasteiger partial charge in [-0.1, -0.05) is 36.4 Å². The second-order valence-electron chi connectivity index (χ2n) is 7.57. The number of amides is 2. The quantitative estimate of drug-likeness (QED) is 0.584. The average molecular weight is 395 g/mol. The van der Waals surface area contributed by atoms with Crippen molar-refractivity contribution >= 4 is 23.8 Å². The van der Waals surface area contributed by atoms with Crippen molar-refractivity contribution in [2.24, 2.45) is 0 Å². The third-order valence-electron chi connectivity index (χ3n) is 4.36. The largest absolute Gasteiger partial charge is 0.444 e. The van der Waals surface area contributed by atoms with Gasteiger partial charge in [0.1, 0.15) is 0 Å². The summed E-state index contributed by atoms with van der Waals surface area (Å²) in [7, 11) is 0. The number of esters is 2. The Labute approximate surface area is 168 Å². The molecule has 1 heterocycles. The van der Waals surface area contributed by atoms with Crippen LogP contribution in [0.2, 0.25) is 0 Å². The van der Waals surface area contributed by atoms with Gasteiger partial charge in [-0.3, -0.25) is 14.5 Å². The Hall–Kier alpha value is -3.48. The van der Waals surface area contributed by atoms with Crippen LogP contribution in [0.5, 0.6) is 0 Å². The normalized spacial score (nSPS) is 19.2. The molecule has 1 fully saturated rings. The Bertz CT molecular complexity index is 861. The van der Waals surface area contributed by atoms with E-state index in [1.165, 1.54) is 24.3 Å². The van der Waals surface area contributed by atoms with Crippen molar-refractivity contribution in [3.05, 3.63) is 71.8 Å². The third-order valence-corrected chi connectivity index (χ3v) is 4.36. The molecule has 1 aliphatic heterocycles. The molecular formula is C22H21NO6. The first kappa shape index (κ1) is 20.3. The van der Waals surface area contributed by atoms with Gasteiger partial charge < -0.3 is 9.47 Å². The molecule has 0 spiro atoms. The summed E-state index contributed by atoms with van der Waals surface area (Å²) in [5.41, 5.74) is -0.440. The predicted molar refractivity (Wildman–Crippen MR) is 103 cm³/mol. The molecule has 29 heavy (non-hydrogen) atoms. The predicted octanol–water partition coefficient (Wildman–Crippen LogP) is 2.60. The number of rotatable bonds is 4. The van der Waals surface area contributed by atoms with E-state index in [4.69, 9.17) is 9.47 Å². The summed E-state index contributed by atoms with van der Waals surface area (Å²) in [5.74, 6) is -3.02. The zero-order valence-corrected chi connectivity index (χ0v) is 16.3. The van der Waals surface area contributed by atoms with Gasteiger partial charge in [0.15, 0.2) is 0 Å². The number of hydrogen-bond donors (Lipinski definition) is 0. The fourth-order valence-corrected chi connectivity index (χ4v) is 3.02. The second kappa shape index (κ2) is 7.87. The molecule has 0 N–H and O–H groups in total. The minimum absolute atomic E-state index is 0.218. The van der Waals surface area contributed by atoms with E-state index in [2.05, 4.69) is 0 Å². The number of imide groups is 1. The number of carbonyl (C=O) groups is 4. The summed E-state index contributed by atoms with van der Waals surface area (Å²) in [6.45, 7) is 5.00. The molecule has 3 rings (SSSR count). The van der Waals surface area contributed by atoms with E-state index in [0.29, 0.717) is 0 Å². The van der Waals surface area contributed by atoms with Crippen LogP contribution in [-0.4, -0.2) is 46.4 Å². The van der Waals surface area contributed by atoms with E-state index in [9.17, 15) is 19.2 Å². The van der Waals surface area contributed by atoms with Gasteiger partial charge in [-0.05, 0) is 45.0 Å². The molecule has 150 valence electrons. The molecule has 2 aromatic rings. The molecule has 0 aliphatic carbocycles. The van der Waals surface area contributed by atoms with Crippen LogP contribution in [0.3, 0.4) is 0 Å². The summed E-state index contributed by atoms with van der Waals surface area (Å²) in [4.78, 5) is 51.7. The third kappa shape index (κ3) is 4.18. The Morgan fingerprint density at radius 2 is 1.07 bits per heavy atom. The Balaban J connectivity index is 1.89. The first-order valence-corrected chi connectivity index (χ1v) is 9.10. The minimum Gasteiger partial charge on any atom is -0.444 e. The smallest absolute Gasteiger partial charge is 0.339 e. The van der Waals surface area contributed by atoms with Gasteiger partial charge in [0, 0.05) is 5.54 Å². The monoisotopic (exact) mass is 395 g/mol. The van der Waals surface area contributed by atoms with Gasteiger partial charge in [0.25, 0.3) is 11.8 Å². The lowest BCUT2D eigenvalue weighted by Gasteiger charge is -2.29. The first-order valence-electron chi connectivity index (χ1n) is 9.10. The molecule has 1 aliphatic rings. The van der Waals surface area contributed by atoms with Crippen LogP contribution in [0.1, 0.15) is 41.5 Å². The second-order valence-corrected chi connectivity index (χ2v) is 7.57. The standard InChI is InChI=1S/C22H21NO6/c1-22(2,3)23-18(24)16(28-20(26)14-10-6-4-7-11-14)17(19(23)25)29-21(27)15-12-8-5-9-13-15/h4-13,16-17H,1-3H3/t16-,17-/m0/s1. The Kier molecular flexibility index (Phi) is 5.50. The highest BCUT2D eigenvalue weighted by atomic mass is 16.6. The molecule has 0 unspecified atom stereocenters. The van der Waals surface area contributed by atoms with Gasteiger partial charge in [-0.2, -0.15) is 0 Å². The van der Waals surface area contributed by atoms with Crippen LogP contribution in [0, 0.1) is 0 Å². The van der Waals surface area contributed by atoms with Crippen molar-refractivity contribution in [2.75, 3.05) is 0 Å². The van der Waals surface area contributed by atoms with Crippen LogP contribution >= 0.6 is 0 Å². The Morgan fingerprint density at radius 3 is 1.38 bits per heavy atom. The number of hydrogen-bond acceptors (Lipinski definition) is 6. The van der Waals surface area contributed by atoms with Crippen molar-refractivity contribution in [2.45, 2.75) is 38.5 Å². The lowest BCUT2D eigenvalue weighted by atomic mass is 10.1. The van der Waals surface area contributed by atoms with Crippen LogP contribution in [0.15, 0.2) is 60.7 Å². The molecule has 0 radical (unpaired) electrons. The van der Waals surface area contributed by atoms with E-state index in [0.717, 1.165) is 4.90 Å². The van der Waals surface area contributed by atoms with E-state index in [-0.39, 0.29) is 11.1 Å². The number of ether oxygens (including phenoxy) is 2. The number of likely N-dealkylation sites (tertiary alicyclic amines) is 1. The fraction of sp³-hybridized carbons (Fsp3) is 0.273. The van der Waals surface area contributed by atoms with Crippen LogP contribution in [0.25, 0.3) is 0 Å². The zero-order chi connectivity index (χ0) is 21.2. The van der Waals surface area contributed by atoms with Crippen LogP contribution in [-0.2, 0) is 19.1 Å². The molecule has 2 aromatic carbocycles. The molecule has 2 amide bonds. The van der Waals surface area contributed by atoms with E-state index < -0.39 is 41.5 Å². The minimum atomic E-state index is -1.55. The maximum absolute atomic E-state index is 12.9. The maximum Gasteiger partial charge on any atom is 0.339 e. The molecule has 7 nitrogen and oxygen atoms in total. The fourth-order valence-electron chi connectivity index (χ4n) is 3.02. The molecular weight excluding hydrogens is 374 g/mol. The van der Waals surface area contributed by atoms with Crippen molar-refractivity contribution in [1.29, 1.82) is 0 Å². The summed E-state index contributed by atoms with van der Waals surface area (Å²) in [5, 5.41) is 0. The van der Waals surface area contributed by atoms with Crippen LogP contribution in [0.4, 0.5) is 0 Å². The first-order chi connectivity index (χ1) is 13.7. The average Bonchev–Trinajstić information content (AvgIpc) is 2.93. The highest BCUT2D eigenvalue weighted by Crippen LogP contribution is 2.28.